The largest absolute Gasteiger partial charge is 0.477 e. The summed E-state index contributed by atoms with van der Waals surface area (Å²) in [5, 5.41) is 18.8. The molecule has 0 radical (unpaired) electrons. The number of nitrogens with two attached hydrogens (primary N) is 1. The highest BCUT2D eigenvalue weighted by atomic mass is 32.2. The SMILES string of the molecule is CC(O)[C@H]1C(=O)N2C(C(=O)O)=C([C@H](N)Cc3ccccc3)S[C@H]12. The molecule has 0 spiro atoms. The smallest absolute Gasteiger partial charge is 0.353 e. The van der Waals surface area contributed by atoms with Crippen LogP contribution < -0.4 is 5.73 Å². The molecule has 2 heterocycles. The number of nitrogens with zero attached hydrogens (tertiary/aromatic N) is 1. The molecule has 1 saturated heterocycles. The molecule has 1 unspecified atom stereocenters. The lowest BCUT2D eigenvalue weighted by Gasteiger charge is -2.43. The first-order valence-corrected chi connectivity index (χ1v) is 8.24. The summed E-state index contributed by atoms with van der Waals surface area (Å²) in [4.78, 5) is 25.5. The van der Waals surface area contributed by atoms with E-state index >= 15 is 0 Å². The topological polar surface area (TPSA) is 104 Å². The average Bonchev–Trinajstić information content (AvgIpc) is 2.83. The molecular formula is C16H18N2O4S. The molecule has 0 aliphatic carbocycles. The molecule has 1 aromatic rings. The van der Waals surface area contributed by atoms with Gasteiger partial charge in [-0.3, -0.25) is 9.69 Å². The van der Waals surface area contributed by atoms with Gasteiger partial charge in [0.15, 0.2) is 0 Å². The van der Waals surface area contributed by atoms with Crippen molar-refractivity contribution in [3.63, 3.8) is 0 Å². The second-order valence-corrected chi connectivity index (χ2v) is 6.96. The predicted octanol–water partition coefficient (Wildman–Crippen LogP) is 0.765. The summed E-state index contributed by atoms with van der Waals surface area (Å²) in [6, 6.07) is 9.06. The summed E-state index contributed by atoms with van der Waals surface area (Å²) >= 11 is 1.28. The number of aliphatic hydroxyl groups excluding tert-OH is 1. The van der Waals surface area contributed by atoms with Gasteiger partial charge in [0.2, 0.25) is 5.91 Å². The maximum atomic E-state index is 12.1. The fourth-order valence-electron chi connectivity index (χ4n) is 3.03. The van der Waals surface area contributed by atoms with Gasteiger partial charge in [0.25, 0.3) is 0 Å². The van der Waals surface area contributed by atoms with E-state index in [0.717, 1.165) is 5.56 Å². The van der Waals surface area contributed by atoms with Gasteiger partial charge in [0, 0.05) is 10.9 Å². The zero-order valence-corrected chi connectivity index (χ0v) is 13.4. The second-order valence-electron chi connectivity index (χ2n) is 5.80. The zero-order chi connectivity index (χ0) is 16.7. The molecule has 7 heteroatoms. The quantitative estimate of drug-likeness (QED) is 0.687. The minimum atomic E-state index is -1.16. The minimum Gasteiger partial charge on any atom is -0.477 e. The van der Waals surface area contributed by atoms with E-state index in [1.807, 2.05) is 30.3 Å². The first kappa shape index (κ1) is 16.0. The minimum absolute atomic E-state index is 0.0367. The number of benzene rings is 1. The van der Waals surface area contributed by atoms with Gasteiger partial charge < -0.3 is 15.9 Å². The van der Waals surface area contributed by atoms with Gasteiger partial charge in [-0.2, -0.15) is 0 Å². The number of carboxylic acid groups (broad SMARTS) is 1. The van der Waals surface area contributed by atoms with E-state index in [1.165, 1.54) is 16.7 Å². The van der Waals surface area contributed by atoms with Crippen LogP contribution in [0.1, 0.15) is 12.5 Å². The van der Waals surface area contributed by atoms with Crippen molar-refractivity contribution in [3.8, 4) is 0 Å². The predicted molar refractivity (Wildman–Crippen MR) is 86.2 cm³/mol. The normalized spacial score (nSPS) is 25.9. The first-order valence-electron chi connectivity index (χ1n) is 7.36. The van der Waals surface area contributed by atoms with Crippen LogP contribution in [0, 0.1) is 5.92 Å². The Morgan fingerprint density at radius 3 is 2.61 bits per heavy atom. The number of thioether (sulfide) groups is 1. The Morgan fingerprint density at radius 2 is 2.04 bits per heavy atom. The number of aliphatic hydroxyl groups is 1. The van der Waals surface area contributed by atoms with Crippen molar-refractivity contribution in [3.05, 3.63) is 46.5 Å². The van der Waals surface area contributed by atoms with Gasteiger partial charge in [-0.1, -0.05) is 42.1 Å². The molecule has 122 valence electrons. The Labute approximate surface area is 138 Å². The first-order chi connectivity index (χ1) is 10.9. The molecule has 4 atom stereocenters. The molecule has 0 saturated carbocycles. The molecule has 1 fully saturated rings. The van der Waals surface area contributed by atoms with Gasteiger partial charge in [0.05, 0.1) is 12.0 Å². The van der Waals surface area contributed by atoms with Crippen molar-refractivity contribution in [1.29, 1.82) is 0 Å². The van der Waals surface area contributed by atoms with E-state index in [9.17, 15) is 19.8 Å². The summed E-state index contributed by atoms with van der Waals surface area (Å²) < 4.78 is 0. The van der Waals surface area contributed by atoms with Crippen molar-refractivity contribution < 1.29 is 19.8 Å². The third-order valence-corrected chi connectivity index (χ3v) is 5.66. The Hall–Kier alpha value is -1.83. The molecule has 1 amide bonds. The summed E-state index contributed by atoms with van der Waals surface area (Å²) in [6.07, 6.45) is -0.315. The van der Waals surface area contributed by atoms with Crippen molar-refractivity contribution in [2.24, 2.45) is 11.7 Å². The maximum Gasteiger partial charge on any atom is 0.353 e. The number of rotatable bonds is 5. The van der Waals surface area contributed by atoms with E-state index in [1.54, 1.807) is 6.92 Å². The van der Waals surface area contributed by atoms with E-state index < -0.39 is 24.0 Å². The zero-order valence-electron chi connectivity index (χ0n) is 12.5. The number of hydrogen-bond acceptors (Lipinski definition) is 5. The second kappa shape index (κ2) is 5.99. The van der Waals surface area contributed by atoms with Crippen LogP contribution in [0.15, 0.2) is 40.9 Å². The van der Waals surface area contributed by atoms with Gasteiger partial charge in [-0.05, 0) is 18.9 Å². The standard InChI is InChI=1S/C16H18N2O4S/c1-8(19)11-14(20)18-12(16(21)22)13(23-15(11)18)10(17)7-9-5-3-2-4-6-9/h2-6,8,10-11,15,19H,7,17H2,1H3,(H,21,22)/t8?,10-,11+,15-/m1/s1. The summed E-state index contributed by atoms with van der Waals surface area (Å²) in [7, 11) is 0. The highest BCUT2D eigenvalue weighted by molar-refractivity contribution is 8.04. The van der Waals surface area contributed by atoms with Crippen LogP contribution in [0.2, 0.25) is 0 Å². The molecule has 3 rings (SSSR count). The van der Waals surface area contributed by atoms with E-state index in [2.05, 4.69) is 0 Å². The number of aliphatic carboxylic acids is 1. The van der Waals surface area contributed by atoms with Crippen LogP contribution in [0.5, 0.6) is 0 Å². The van der Waals surface area contributed by atoms with Crippen molar-refractivity contribution in [2.45, 2.75) is 30.9 Å². The lowest BCUT2D eigenvalue weighted by molar-refractivity contribution is -0.156. The molecular weight excluding hydrogens is 316 g/mol. The number of β-lactam (4-membered cyclic amide) rings is 1. The number of fused-ring (bicyclic) bond motifs is 1. The molecule has 0 bridgehead atoms. The highest BCUT2D eigenvalue weighted by Gasteiger charge is 2.58. The Bertz CT molecular complexity index is 674. The highest BCUT2D eigenvalue weighted by Crippen LogP contribution is 2.51. The van der Waals surface area contributed by atoms with Gasteiger partial charge in [-0.15, -0.1) is 0 Å². The van der Waals surface area contributed by atoms with E-state index in [4.69, 9.17) is 5.73 Å². The Morgan fingerprint density at radius 1 is 1.39 bits per heavy atom. The molecule has 2 aliphatic heterocycles. The number of carbonyl (C=O) groups excluding carboxylic acids is 1. The van der Waals surface area contributed by atoms with Crippen molar-refractivity contribution in [2.75, 3.05) is 0 Å². The molecule has 0 aromatic heterocycles. The number of amides is 1. The van der Waals surface area contributed by atoms with E-state index in [-0.39, 0.29) is 17.0 Å². The Balaban J connectivity index is 1.86. The fourth-order valence-corrected chi connectivity index (χ4v) is 4.65. The van der Waals surface area contributed by atoms with Crippen LogP contribution in [-0.2, 0) is 16.0 Å². The maximum absolute atomic E-state index is 12.1. The summed E-state index contributed by atoms with van der Waals surface area (Å²) in [5.74, 6) is -2.08. The third kappa shape index (κ3) is 2.65. The monoisotopic (exact) mass is 334 g/mol. The average molecular weight is 334 g/mol. The van der Waals surface area contributed by atoms with E-state index in [0.29, 0.717) is 11.3 Å². The molecule has 2 aliphatic rings. The molecule has 6 nitrogen and oxygen atoms in total. The summed E-state index contributed by atoms with van der Waals surface area (Å²) in [5.41, 5.74) is 7.18. The number of carboxylic acids is 1. The van der Waals surface area contributed by atoms with Crippen LogP contribution in [0.3, 0.4) is 0 Å². The number of carbonyl (C=O) groups is 2. The van der Waals surface area contributed by atoms with Crippen LogP contribution in [-0.4, -0.2) is 44.5 Å². The van der Waals surface area contributed by atoms with Gasteiger partial charge >= 0.3 is 5.97 Å². The van der Waals surface area contributed by atoms with Crippen LogP contribution in [0.25, 0.3) is 0 Å². The van der Waals surface area contributed by atoms with Crippen LogP contribution in [0.4, 0.5) is 0 Å². The van der Waals surface area contributed by atoms with Gasteiger partial charge in [-0.25, -0.2) is 4.79 Å². The molecule has 4 N–H and O–H groups in total. The molecule has 23 heavy (non-hydrogen) atoms. The Kier molecular flexibility index (Phi) is 4.18. The van der Waals surface area contributed by atoms with Gasteiger partial charge in [0.1, 0.15) is 11.1 Å². The lowest BCUT2D eigenvalue weighted by atomic mass is 9.92. The molecule has 1 aromatic carbocycles. The third-order valence-electron chi connectivity index (χ3n) is 4.16. The summed E-state index contributed by atoms with van der Waals surface area (Å²) in [6.45, 7) is 1.54. The van der Waals surface area contributed by atoms with Crippen LogP contribution >= 0.6 is 11.8 Å². The lowest BCUT2D eigenvalue weighted by Crippen LogP contribution is -2.60. The fraction of sp³-hybridized carbons (Fsp3) is 0.375. The van der Waals surface area contributed by atoms with Crippen molar-refractivity contribution >= 4 is 23.6 Å². The number of hydrogen-bond donors (Lipinski definition) is 3. The van der Waals surface area contributed by atoms with Crippen molar-refractivity contribution in [1.82, 2.24) is 4.90 Å².